The average molecular weight is 335 g/mol. The van der Waals surface area contributed by atoms with Crippen LogP contribution in [-0.2, 0) is 6.18 Å². The molecule has 0 amide bonds. The molecular formula is C7H2ClF3INO. The minimum absolute atomic E-state index is 0.0708. The number of carbonyl (C=O) groups is 1. The van der Waals surface area contributed by atoms with Crippen molar-refractivity contribution < 1.29 is 18.0 Å². The standard InChI is InChI=1S/C7H2ClF3INO/c8-6(14)3-1-4(7(9,10)11)13-5(12)2-3/h1-2H. The van der Waals surface area contributed by atoms with Gasteiger partial charge in [-0.3, -0.25) is 4.79 Å². The lowest BCUT2D eigenvalue weighted by Gasteiger charge is -2.06. The van der Waals surface area contributed by atoms with Crippen LogP contribution >= 0.6 is 34.2 Å². The lowest BCUT2D eigenvalue weighted by molar-refractivity contribution is -0.141. The lowest BCUT2D eigenvalue weighted by Crippen LogP contribution is -2.10. The first-order valence-electron chi connectivity index (χ1n) is 3.25. The Morgan fingerprint density at radius 2 is 2.00 bits per heavy atom. The molecule has 0 saturated heterocycles. The summed E-state index contributed by atoms with van der Waals surface area (Å²) in [6.07, 6.45) is -4.57. The van der Waals surface area contributed by atoms with Crippen molar-refractivity contribution in [3.8, 4) is 0 Å². The fourth-order valence-corrected chi connectivity index (χ4v) is 1.46. The summed E-state index contributed by atoms with van der Waals surface area (Å²) < 4.78 is 36.6. The van der Waals surface area contributed by atoms with Gasteiger partial charge in [-0.25, -0.2) is 4.98 Å². The number of halogens is 5. The van der Waals surface area contributed by atoms with Crippen molar-refractivity contribution >= 4 is 39.4 Å². The summed E-state index contributed by atoms with van der Waals surface area (Å²) in [6, 6.07) is 1.81. The number of pyridine rings is 1. The molecule has 1 rings (SSSR count). The highest BCUT2D eigenvalue weighted by Gasteiger charge is 2.33. The van der Waals surface area contributed by atoms with E-state index in [-0.39, 0.29) is 9.26 Å². The Hall–Kier alpha value is -0.370. The third-order valence-electron chi connectivity index (χ3n) is 1.31. The third kappa shape index (κ3) is 2.81. The van der Waals surface area contributed by atoms with Crippen molar-refractivity contribution in [3.05, 3.63) is 27.1 Å². The Morgan fingerprint density at radius 1 is 1.43 bits per heavy atom. The zero-order chi connectivity index (χ0) is 10.9. The van der Waals surface area contributed by atoms with E-state index in [0.717, 1.165) is 0 Å². The molecule has 0 unspecified atom stereocenters. The quantitative estimate of drug-likeness (QED) is 0.448. The van der Waals surface area contributed by atoms with Crippen molar-refractivity contribution in [2.24, 2.45) is 0 Å². The number of aromatic nitrogens is 1. The van der Waals surface area contributed by atoms with E-state index in [1.165, 1.54) is 6.07 Å². The first-order chi connectivity index (χ1) is 6.30. The number of nitrogens with zero attached hydrogens (tertiary/aromatic N) is 1. The minimum atomic E-state index is -4.57. The van der Waals surface area contributed by atoms with Crippen LogP contribution in [0.3, 0.4) is 0 Å². The summed E-state index contributed by atoms with van der Waals surface area (Å²) >= 11 is 6.64. The van der Waals surface area contributed by atoms with Gasteiger partial charge < -0.3 is 0 Å². The fourth-order valence-electron chi connectivity index (χ4n) is 0.756. The van der Waals surface area contributed by atoms with Gasteiger partial charge in [0.15, 0.2) is 0 Å². The van der Waals surface area contributed by atoms with Gasteiger partial charge in [-0.2, -0.15) is 13.2 Å². The highest BCUT2D eigenvalue weighted by Crippen LogP contribution is 2.29. The zero-order valence-electron chi connectivity index (χ0n) is 6.40. The molecule has 0 N–H and O–H groups in total. The van der Waals surface area contributed by atoms with E-state index in [4.69, 9.17) is 11.6 Å². The Bertz CT molecular complexity index is 380. The number of hydrogen-bond donors (Lipinski definition) is 0. The van der Waals surface area contributed by atoms with Gasteiger partial charge >= 0.3 is 6.18 Å². The number of rotatable bonds is 1. The number of hydrogen-bond acceptors (Lipinski definition) is 2. The molecule has 0 saturated carbocycles. The lowest BCUT2D eigenvalue weighted by atomic mass is 10.2. The van der Waals surface area contributed by atoms with Crippen molar-refractivity contribution in [3.63, 3.8) is 0 Å². The Kier molecular flexibility index (Phi) is 3.36. The summed E-state index contributed by atoms with van der Waals surface area (Å²) in [7, 11) is 0. The van der Waals surface area contributed by atoms with E-state index in [1.807, 2.05) is 0 Å². The molecule has 1 aromatic heterocycles. The molecular weight excluding hydrogens is 333 g/mol. The molecule has 76 valence electrons. The molecule has 0 aliphatic carbocycles. The molecule has 1 heterocycles. The van der Waals surface area contributed by atoms with E-state index in [0.29, 0.717) is 6.07 Å². The third-order valence-corrected chi connectivity index (χ3v) is 2.08. The Morgan fingerprint density at radius 3 is 2.43 bits per heavy atom. The number of carbonyl (C=O) groups excluding carboxylic acids is 1. The van der Waals surface area contributed by atoms with Gasteiger partial charge in [-0.05, 0) is 46.3 Å². The molecule has 0 aliphatic rings. The van der Waals surface area contributed by atoms with Gasteiger partial charge in [0.1, 0.15) is 9.39 Å². The summed E-state index contributed by atoms with van der Waals surface area (Å²) in [6.45, 7) is 0. The minimum Gasteiger partial charge on any atom is -0.276 e. The van der Waals surface area contributed by atoms with E-state index < -0.39 is 17.1 Å². The molecule has 2 nitrogen and oxygen atoms in total. The Balaban J connectivity index is 3.28. The molecule has 0 aromatic carbocycles. The average Bonchev–Trinajstić information content (AvgIpc) is 2.01. The predicted molar refractivity (Wildman–Crippen MR) is 52.1 cm³/mol. The summed E-state index contributed by atoms with van der Waals surface area (Å²) in [5.74, 6) is 0. The molecule has 0 spiro atoms. The van der Waals surface area contributed by atoms with Crippen molar-refractivity contribution in [2.75, 3.05) is 0 Å². The maximum atomic E-state index is 12.2. The summed E-state index contributed by atoms with van der Waals surface area (Å²) in [5.41, 5.74) is -1.33. The first kappa shape index (κ1) is 11.7. The maximum Gasteiger partial charge on any atom is 0.433 e. The summed E-state index contributed by atoms with van der Waals surface area (Å²) in [5, 5.41) is -0.934. The second kappa shape index (κ2) is 4.01. The van der Waals surface area contributed by atoms with Crippen LogP contribution in [-0.4, -0.2) is 10.2 Å². The van der Waals surface area contributed by atoms with Crippen LogP contribution in [0, 0.1) is 3.70 Å². The summed E-state index contributed by atoms with van der Waals surface area (Å²) in [4.78, 5) is 13.9. The van der Waals surface area contributed by atoms with Crippen LogP contribution in [0.2, 0.25) is 0 Å². The predicted octanol–water partition coefficient (Wildman–Crippen LogP) is 3.08. The molecule has 14 heavy (non-hydrogen) atoms. The largest absolute Gasteiger partial charge is 0.433 e. The second-order valence-corrected chi connectivity index (χ2v) is 3.78. The van der Waals surface area contributed by atoms with Gasteiger partial charge in [0.25, 0.3) is 5.24 Å². The van der Waals surface area contributed by atoms with Crippen LogP contribution in [0.5, 0.6) is 0 Å². The van der Waals surface area contributed by atoms with Gasteiger partial charge in [-0.15, -0.1) is 0 Å². The van der Waals surface area contributed by atoms with Crippen LogP contribution in [0.15, 0.2) is 12.1 Å². The van der Waals surface area contributed by atoms with E-state index >= 15 is 0 Å². The van der Waals surface area contributed by atoms with Gasteiger partial charge in [0.2, 0.25) is 0 Å². The van der Waals surface area contributed by atoms with Gasteiger partial charge in [0.05, 0.1) is 0 Å². The molecule has 0 fully saturated rings. The van der Waals surface area contributed by atoms with E-state index in [2.05, 4.69) is 4.98 Å². The normalized spacial score (nSPS) is 11.5. The fraction of sp³-hybridized carbons (Fsp3) is 0.143. The van der Waals surface area contributed by atoms with Crippen molar-refractivity contribution in [1.82, 2.24) is 4.98 Å². The molecule has 7 heteroatoms. The maximum absolute atomic E-state index is 12.2. The second-order valence-electron chi connectivity index (χ2n) is 2.34. The molecule has 1 aromatic rings. The van der Waals surface area contributed by atoms with E-state index in [1.54, 1.807) is 22.6 Å². The van der Waals surface area contributed by atoms with Crippen LogP contribution in [0.1, 0.15) is 16.1 Å². The topological polar surface area (TPSA) is 30.0 Å². The highest BCUT2D eigenvalue weighted by atomic mass is 127. The monoisotopic (exact) mass is 335 g/mol. The highest BCUT2D eigenvalue weighted by molar-refractivity contribution is 14.1. The SMILES string of the molecule is O=C(Cl)c1cc(I)nc(C(F)(F)F)c1. The number of alkyl halides is 3. The molecule has 0 bridgehead atoms. The smallest absolute Gasteiger partial charge is 0.276 e. The zero-order valence-corrected chi connectivity index (χ0v) is 9.31. The van der Waals surface area contributed by atoms with E-state index in [9.17, 15) is 18.0 Å². The van der Waals surface area contributed by atoms with Crippen molar-refractivity contribution in [1.29, 1.82) is 0 Å². The molecule has 0 atom stereocenters. The van der Waals surface area contributed by atoms with Gasteiger partial charge in [-0.1, -0.05) is 0 Å². The first-order valence-corrected chi connectivity index (χ1v) is 4.71. The van der Waals surface area contributed by atoms with Crippen LogP contribution in [0.25, 0.3) is 0 Å². The molecule has 0 aliphatic heterocycles. The van der Waals surface area contributed by atoms with Crippen LogP contribution in [0.4, 0.5) is 13.2 Å². The van der Waals surface area contributed by atoms with Crippen LogP contribution < -0.4 is 0 Å². The molecule has 0 radical (unpaired) electrons. The van der Waals surface area contributed by atoms with Gasteiger partial charge in [0, 0.05) is 5.56 Å². The Labute approximate surface area is 95.6 Å². The van der Waals surface area contributed by atoms with Crippen molar-refractivity contribution in [2.45, 2.75) is 6.18 Å².